The van der Waals surface area contributed by atoms with Crippen molar-refractivity contribution in [3.8, 4) is 17.5 Å². The van der Waals surface area contributed by atoms with Gasteiger partial charge >= 0.3 is 0 Å². The lowest BCUT2D eigenvalue weighted by Crippen LogP contribution is -2.32. The van der Waals surface area contributed by atoms with Crippen LogP contribution in [0.1, 0.15) is 40.1 Å². The van der Waals surface area contributed by atoms with Crippen LogP contribution >= 0.6 is 22.6 Å². The lowest BCUT2D eigenvalue weighted by Gasteiger charge is -2.21. The number of amides is 1. The molecule has 10 heteroatoms. The van der Waals surface area contributed by atoms with E-state index >= 15 is 0 Å². The first-order chi connectivity index (χ1) is 18.2. The molecule has 9 nitrogen and oxygen atoms in total. The van der Waals surface area contributed by atoms with E-state index in [1.807, 2.05) is 97.4 Å². The normalized spacial score (nSPS) is 11.7. The van der Waals surface area contributed by atoms with E-state index < -0.39 is 6.04 Å². The topological polar surface area (TPSA) is 113 Å². The Bertz CT molecular complexity index is 1810. The van der Waals surface area contributed by atoms with Crippen molar-refractivity contribution in [2.75, 3.05) is 5.73 Å². The van der Waals surface area contributed by atoms with Crippen molar-refractivity contribution < 1.29 is 4.79 Å². The maximum Gasteiger partial charge on any atom is 0.264 e. The van der Waals surface area contributed by atoms with Crippen molar-refractivity contribution in [2.45, 2.75) is 13.0 Å². The molecular weight excluding hydrogens is 593 g/mol. The van der Waals surface area contributed by atoms with E-state index in [0.717, 1.165) is 10.9 Å². The highest BCUT2D eigenvalue weighted by atomic mass is 127. The molecule has 5 aromatic rings. The Morgan fingerprint density at radius 1 is 1.11 bits per heavy atom. The number of nitrogens with two attached hydrogens (primary N) is 1. The second-order valence-electron chi connectivity index (χ2n) is 8.84. The molecular formula is C28H24IN7O2. The molecule has 0 bridgehead atoms. The molecule has 5 rings (SSSR count). The molecule has 3 heterocycles. The first kappa shape index (κ1) is 25.3. The fourth-order valence-electron chi connectivity index (χ4n) is 4.35. The van der Waals surface area contributed by atoms with Crippen LogP contribution in [0.4, 0.5) is 5.82 Å². The monoisotopic (exact) mass is 617 g/mol. The van der Waals surface area contributed by atoms with Gasteiger partial charge in [-0.25, -0.2) is 0 Å². The Hall–Kier alpha value is -4.37. The molecule has 3 N–H and O–H groups in total. The van der Waals surface area contributed by atoms with Gasteiger partial charge in [-0.1, -0.05) is 42.2 Å². The van der Waals surface area contributed by atoms with Crippen LogP contribution in [0.5, 0.6) is 0 Å². The second-order valence-corrected chi connectivity index (χ2v) is 9.86. The fraction of sp³-hybridized carbons (Fsp3) is 0.143. The Balaban J connectivity index is 1.65. The van der Waals surface area contributed by atoms with Gasteiger partial charge in [0.15, 0.2) is 5.82 Å². The van der Waals surface area contributed by atoms with E-state index in [-0.39, 0.29) is 17.3 Å². The van der Waals surface area contributed by atoms with Crippen molar-refractivity contribution in [2.24, 2.45) is 14.1 Å². The molecule has 0 fully saturated rings. The molecule has 1 atom stereocenters. The van der Waals surface area contributed by atoms with Crippen molar-refractivity contribution in [3.05, 3.63) is 103 Å². The summed E-state index contributed by atoms with van der Waals surface area (Å²) in [5.41, 5.74) is 8.75. The average molecular weight is 617 g/mol. The molecule has 0 aliphatic rings. The minimum absolute atomic E-state index is 0.150. The summed E-state index contributed by atoms with van der Waals surface area (Å²) >= 11 is 2.04. The van der Waals surface area contributed by atoms with Crippen LogP contribution in [0.25, 0.3) is 16.5 Å². The third kappa shape index (κ3) is 4.68. The minimum Gasteiger partial charge on any atom is -0.382 e. The third-order valence-corrected chi connectivity index (χ3v) is 7.40. The number of aryl methyl sites for hydroxylation is 2. The van der Waals surface area contributed by atoms with Crippen molar-refractivity contribution in [1.29, 1.82) is 0 Å². The number of fused-ring (bicyclic) bond motifs is 1. The Kier molecular flexibility index (Phi) is 6.77. The number of rotatable bonds is 4. The number of benzene rings is 2. The molecule has 0 radical (unpaired) electrons. The summed E-state index contributed by atoms with van der Waals surface area (Å²) in [4.78, 5) is 27.3. The van der Waals surface area contributed by atoms with Gasteiger partial charge < -0.3 is 11.1 Å². The molecule has 38 heavy (non-hydrogen) atoms. The maximum absolute atomic E-state index is 14.1. The standard InChI is InChI=1S/C28H24IN7O2/c1-17(32-27(37)24-25(29)35(3)33-26(24)30)22-14-20-9-7-8-19(13-12-18-15-31-34(2)16-18)23(20)28(38)36(22)21-10-5-4-6-11-21/h4-11,14-17H,1-3H3,(H2,30,33)(H,32,37). The van der Waals surface area contributed by atoms with Gasteiger partial charge in [-0.3, -0.25) is 23.5 Å². The summed E-state index contributed by atoms with van der Waals surface area (Å²) in [6.07, 6.45) is 3.50. The lowest BCUT2D eigenvalue weighted by molar-refractivity contribution is 0.0938. The SMILES string of the molecule is CC(NC(=O)c1c(N)nn(C)c1I)c1cc2cccc(C#Cc3cnn(C)c3)c2c(=O)n1-c1ccccc1. The van der Waals surface area contributed by atoms with Gasteiger partial charge in [-0.2, -0.15) is 10.2 Å². The zero-order chi connectivity index (χ0) is 27.0. The molecule has 0 saturated carbocycles. The lowest BCUT2D eigenvalue weighted by atomic mass is 10.0. The molecule has 3 aromatic heterocycles. The van der Waals surface area contributed by atoms with Gasteiger partial charge in [0, 0.05) is 37.2 Å². The average Bonchev–Trinajstić information content (AvgIpc) is 3.43. The maximum atomic E-state index is 14.1. The van der Waals surface area contributed by atoms with Crippen LogP contribution in [0.15, 0.2) is 71.8 Å². The van der Waals surface area contributed by atoms with Crippen LogP contribution in [0.2, 0.25) is 0 Å². The molecule has 0 spiro atoms. The highest BCUT2D eigenvalue weighted by Gasteiger charge is 2.24. The Labute approximate surface area is 232 Å². The summed E-state index contributed by atoms with van der Waals surface area (Å²) < 4.78 is 5.48. The van der Waals surface area contributed by atoms with Gasteiger partial charge in [0.1, 0.15) is 9.26 Å². The van der Waals surface area contributed by atoms with Gasteiger partial charge in [0.05, 0.1) is 23.2 Å². The summed E-state index contributed by atoms with van der Waals surface area (Å²) in [5.74, 6) is 6.02. The van der Waals surface area contributed by atoms with E-state index in [2.05, 4.69) is 27.4 Å². The molecule has 0 aliphatic carbocycles. The number of nitrogens with zero attached hydrogens (tertiary/aromatic N) is 5. The summed E-state index contributed by atoms with van der Waals surface area (Å²) in [7, 11) is 3.55. The summed E-state index contributed by atoms with van der Waals surface area (Å²) in [6, 6.07) is 16.3. The third-order valence-electron chi connectivity index (χ3n) is 6.16. The van der Waals surface area contributed by atoms with Crippen LogP contribution in [-0.4, -0.2) is 30.0 Å². The zero-order valence-corrected chi connectivity index (χ0v) is 23.1. The number of aromatic nitrogens is 5. The minimum atomic E-state index is -0.527. The first-order valence-electron chi connectivity index (χ1n) is 11.8. The molecule has 190 valence electrons. The van der Waals surface area contributed by atoms with E-state index in [1.54, 1.807) is 27.2 Å². The summed E-state index contributed by atoms with van der Waals surface area (Å²) in [5, 5.41) is 12.5. The predicted octanol–water partition coefficient (Wildman–Crippen LogP) is 3.54. The largest absolute Gasteiger partial charge is 0.382 e. The van der Waals surface area contributed by atoms with Crippen LogP contribution in [0, 0.1) is 15.5 Å². The molecule has 1 amide bonds. The van der Waals surface area contributed by atoms with E-state index in [9.17, 15) is 9.59 Å². The van der Waals surface area contributed by atoms with Crippen molar-refractivity contribution >= 4 is 45.1 Å². The predicted molar refractivity (Wildman–Crippen MR) is 155 cm³/mol. The zero-order valence-electron chi connectivity index (χ0n) is 20.9. The number of hydrogen-bond acceptors (Lipinski definition) is 5. The number of carbonyl (C=O) groups excluding carboxylic acids is 1. The van der Waals surface area contributed by atoms with Crippen molar-refractivity contribution in [3.63, 3.8) is 0 Å². The van der Waals surface area contributed by atoms with Gasteiger partial charge in [0.2, 0.25) is 0 Å². The van der Waals surface area contributed by atoms with Crippen LogP contribution in [0.3, 0.4) is 0 Å². The number of pyridine rings is 1. The van der Waals surface area contributed by atoms with Crippen molar-refractivity contribution in [1.82, 2.24) is 29.4 Å². The highest BCUT2D eigenvalue weighted by Crippen LogP contribution is 2.25. The number of para-hydroxylation sites is 1. The number of nitrogens with one attached hydrogen (secondary N) is 1. The number of anilines is 1. The Morgan fingerprint density at radius 2 is 1.87 bits per heavy atom. The first-order valence-corrected chi connectivity index (χ1v) is 12.9. The van der Waals surface area contributed by atoms with Gasteiger partial charge in [-0.05, 0) is 59.2 Å². The van der Waals surface area contributed by atoms with E-state index in [4.69, 9.17) is 5.73 Å². The molecule has 1 unspecified atom stereocenters. The number of halogens is 1. The molecule has 2 aromatic carbocycles. The molecule has 0 saturated heterocycles. The van der Waals surface area contributed by atoms with E-state index in [0.29, 0.717) is 31.6 Å². The Morgan fingerprint density at radius 3 is 2.53 bits per heavy atom. The quantitative estimate of drug-likeness (QED) is 0.237. The molecule has 0 aliphatic heterocycles. The van der Waals surface area contributed by atoms with Crippen LogP contribution < -0.4 is 16.6 Å². The summed E-state index contributed by atoms with van der Waals surface area (Å²) in [6.45, 7) is 1.84. The van der Waals surface area contributed by atoms with Crippen LogP contribution in [-0.2, 0) is 14.1 Å². The number of carbonyl (C=O) groups is 1. The van der Waals surface area contributed by atoms with Gasteiger partial charge in [-0.15, -0.1) is 0 Å². The smallest absolute Gasteiger partial charge is 0.264 e. The van der Waals surface area contributed by atoms with E-state index in [1.165, 1.54) is 0 Å². The number of nitrogen functional groups attached to an aromatic ring is 1. The highest BCUT2D eigenvalue weighted by molar-refractivity contribution is 14.1. The van der Waals surface area contributed by atoms with Gasteiger partial charge in [0.25, 0.3) is 11.5 Å². The fourth-order valence-corrected chi connectivity index (χ4v) is 4.98. The second kappa shape index (κ2) is 10.2. The number of hydrogen-bond donors (Lipinski definition) is 2.